The highest BCUT2D eigenvalue weighted by molar-refractivity contribution is 5.96. The van der Waals surface area contributed by atoms with Crippen LogP contribution in [0.5, 0.6) is 0 Å². The number of aryl methyl sites for hydroxylation is 1. The van der Waals surface area contributed by atoms with E-state index in [1.54, 1.807) is 23.9 Å². The van der Waals surface area contributed by atoms with Crippen LogP contribution in [0.15, 0.2) is 12.3 Å². The third-order valence-corrected chi connectivity index (χ3v) is 2.55. The minimum Gasteiger partial charge on any atom is -0.318 e. The Bertz CT molecular complexity index is 357. The van der Waals surface area contributed by atoms with Gasteiger partial charge in [-0.2, -0.15) is 5.10 Å². The lowest BCUT2D eigenvalue weighted by Crippen LogP contribution is -2.48. The normalized spacial score (nSPS) is 14.5. The first-order valence-corrected chi connectivity index (χ1v) is 5.63. The molecule has 1 heterocycles. The van der Waals surface area contributed by atoms with Gasteiger partial charge in [-0.3, -0.25) is 4.79 Å². The largest absolute Gasteiger partial charge is 0.318 e. The molecule has 1 aromatic heterocycles. The number of nitrogens with zero attached hydrogens (tertiary/aromatic N) is 2. The zero-order chi connectivity index (χ0) is 12.2. The molecule has 0 aliphatic rings. The first-order valence-electron chi connectivity index (χ1n) is 5.63. The van der Waals surface area contributed by atoms with E-state index in [2.05, 4.69) is 10.4 Å². The molecule has 1 aromatic rings. The van der Waals surface area contributed by atoms with Gasteiger partial charge in [-0.1, -0.05) is 13.3 Å². The molecular formula is C11H20N4O. The van der Waals surface area contributed by atoms with Gasteiger partial charge < -0.3 is 11.1 Å². The van der Waals surface area contributed by atoms with Gasteiger partial charge in [-0.05, 0) is 20.3 Å². The fraction of sp³-hybridized carbons (Fsp3) is 0.636. The second kappa shape index (κ2) is 5.12. The second-order valence-electron chi connectivity index (χ2n) is 4.15. The molecule has 1 atom stereocenters. The zero-order valence-electron chi connectivity index (χ0n) is 10.2. The monoisotopic (exact) mass is 224 g/mol. The fourth-order valence-corrected chi connectivity index (χ4v) is 1.58. The Morgan fingerprint density at radius 2 is 2.31 bits per heavy atom. The van der Waals surface area contributed by atoms with Crippen LogP contribution in [0.2, 0.25) is 0 Å². The van der Waals surface area contributed by atoms with Crippen molar-refractivity contribution in [2.45, 2.75) is 45.7 Å². The molecule has 3 N–H and O–H groups in total. The molecule has 1 rings (SSSR count). The Labute approximate surface area is 96.0 Å². The van der Waals surface area contributed by atoms with Gasteiger partial charge in [0, 0.05) is 12.6 Å². The molecule has 0 aromatic carbocycles. The number of nitrogens with two attached hydrogens (primary N) is 1. The zero-order valence-corrected chi connectivity index (χ0v) is 10.2. The standard InChI is InChI=1S/C11H20N4O/c1-4-7-11(3,12)10(16)14-9-6-8-13-15(9)5-2/h6,8H,4-5,7,12H2,1-3H3,(H,14,16). The SMILES string of the molecule is CCCC(C)(N)C(=O)Nc1ccnn1CC. The summed E-state index contributed by atoms with van der Waals surface area (Å²) in [6, 6.07) is 1.77. The number of carbonyl (C=O) groups is 1. The van der Waals surface area contributed by atoms with E-state index in [0.717, 1.165) is 13.0 Å². The van der Waals surface area contributed by atoms with Crippen LogP contribution in [0.3, 0.4) is 0 Å². The Kier molecular flexibility index (Phi) is 4.06. The number of rotatable bonds is 5. The molecule has 0 saturated heterocycles. The van der Waals surface area contributed by atoms with Crippen molar-refractivity contribution in [3.8, 4) is 0 Å². The van der Waals surface area contributed by atoms with Crippen LogP contribution in [0.4, 0.5) is 5.82 Å². The van der Waals surface area contributed by atoms with Crippen molar-refractivity contribution in [3.63, 3.8) is 0 Å². The quantitative estimate of drug-likeness (QED) is 0.793. The maximum Gasteiger partial charge on any atom is 0.245 e. The van der Waals surface area contributed by atoms with Crippen LogP contribution in [-0.2, 0) is 11.3 Å². The highest BCUT2D eigenvalue weighted by atomic mass is 16.2. The molecule has 0 bridgehead atoms. The minimum absolute atomic E-state index is 0.162. The van der Waals surface area contributed by atoms with Crippen molar-refractivity contribution in [1.82, 2.24) is 9.78 Å². The Hall–Kier alpha value is -1.36. The number of aromatic nitrogens is 2. The van der Waals surface area contributed by atoms with E-state index >= 15 is 0 Å². The number of carbonyl (C=O) groups excluding carboxylic acids is 1. The second-order valence-corrected chi connectivity index (χ2v) is 4.15. The molecule has 5 heteroatoms. The molecule has 0 aliphatic carbocycles. The highest BCUT2D eigenvalue weighted by Crippen LogP contribution is 2.13. The van der Waals surface area contributed by atoms with Gasteiger partial charge in [-0.25, -0.2) is 4.68 Å². The van der Waals surface area contributed by atoms with E-state index in [-0.39, 0.29) is 5.91 Å². The lowest BCUT2D eigenvalue weighted by molar-refractivity contribution is -0.120. The summed E-state index contributed by atoms with van der Waals surface area (Å²) in [7, 11) is 0. The van der Waals surface area contributed by atoms with Gasteiger partial charge >= 0.3 is 0 Å². The lowest BCUT2D eigenvalue weighted by atomic mass is 9.97. The lowest BCUT2D eigenvalue weighted by Gasteiger charge is -2.22. The average molecular weight is 224 g/mol. The van der Waals surface area contributed by atoms with E-state index in [4.69, 9.17) is 5.73 Å². The fourth-order valence-electron chi connectivity index (χ4n) is 1.58. The van der Waals surface area contributed by atoms with Crippen molar-refractivity contribution in [1.29, 1.82) is 0 Å². The van der Waals surface area contributed by atoms with Gasteiger partial charge in [0.15, 0.2) is 0 Å². The molecule has 0 saturated carbocycles. The molecule has 0 radical (unpaired) electrons. The summed E-state index contributed by atoms with van der Waals surface area (Å²) in [4.78, 5) is 11.9. The van der Waals surface area contributed by atoms with Gasteiger partial charge in [0.05, 0.1) is 11.7 Å². The predicted molar refractivity (Wildman–Crippen MR) is 64.0 cm³/mol. The van der Waals surface area contributed by atoms with Crippen molar-refractivity contribution in [3.05, 3.63) is 12.3 Å². The predicted octanol–water partition coefficient (Wildman–Crippen LogP) is 1.36. The van der Waals surface area contributed by atoms with Crippen LogP contribution < -0.4 is 11.1 Å². The van der Waals surface area contributed by atoms with Crippen LogP contribution in [0, 0.1) is 0 Å². The van der Waals surface area contributed by atoms with Gasteiger partial charge in [-0.15, -0.1) is 0 Å². The average Bonchev–Trinajstić information content (AvgIpc) is 2.65. The van der Waals surface area contributed by atoms with E-state index < -0.39 is 5.54 Å². The van der Waals surface area contributed by atoms with Crippen molar-refractivity contribution < 1.29 is 4.79 Å². The summed E-state index contributed by atoms with van der Waals surface area (Å²) in [5.74, 6) is 0.532. The van der Waals surface area contributed by atoms with Crippen LogP contribution in [-0.4, -0.2) is 21.2 Å². The topological polar surface area (TPSA) is 72.9 Å². The van der Waals surface area contributed by atoms with Crippen LogP contribution in [0.1, 0.15) is 33.6 Å². The number of hydrogen-bond donors (Lipinski definition) is 2. The molecular weight excluding hydrogens is 204 g/mol. The Morgan fingerprint density at radius 1 is 1.62 bits per heavy atom. The van der Waals surface area contributed by atoms with Gasteiger partial charge in [0.2, 0.25) is 5.91 Å². The van der Waals surface area contributed by atoms with Crippen molar-refractivity contribution >= 4 is 11.7 Å². The third-order valence-electron chi connectivity index (χ3n) is 2.55. The number of hydrogen-bond acceptors (Lipinski definition) is 3. The summed E-state index contributed by atoms with van der Waals surface area (Å²) in [6.45, 7) is 6.45. The highest BCUT2D eigenvalue weighted by Gasteiger charge is 2.27. The van der Waals surface area contributed by atoms with E-state index in [1.807, 2.05) is 13.8 Å². The Balaban J connectivity index is 2.71. The van der Waals surface area contributed by atoms with Crippen molar-refractivity contribution in [2.75, 3.05) is 5.32 Å². The molecule has 1 unspecified atom stereocenters. The maximum atomic E-state index is 11.9. The van der Waals surface area contributed by atoms with E-state index in [9.17, 15) is 4.79 Å². The number of anilines is 1. The smallest absolute Gasteiger partial charge is 0.245 e. The molecule has 0 fully saturated rings. The third kappa shape index (κ3) is 2.82. The molecule has 5 nitrogen and oxygen atoms in total. The van der Waals surface area contributed by atoms with Crippen LogP contribution in [0.25, 0.3) is 0 Å². The summed E-state index contributed by atoms with van der Waals surface area (Å²) in [5, 5.41) is 6.88. The van der Waals surface area contributed by atoms with Gasteiger partial charge in [0.25, 0.3) is 0 Å². The summed E-state index contributed by atoms with van der Waals surface area (Å²) < 4.78 is 1.72. The van der Waals surface area contributed by atoms with Gasteiger partial charge in [0.1, 0.15) is 5.82 Å². The van der Waals surface area contributed by atoms with Crippen molar-refractivity contribution in [2.24, 2.45) is 5.73 Å². The number of nitrogens with one attached hydrogen (secondary N) is 1. The Morgan fingerprint density at radius 3 is 2.88 bits per heavy atom. The number of amides is 1. The van der Waals surface area contributed by atoms with E-state index in [1.165, 1.54) is 0 Å². The minimum atomic E-state index is -0.822. The first-order chi connectivity index (χ1) is 7.51. The first kappa shape index (κ1) is 12.7. The molecule has 0 spiro atoms. The molecule has 1 amide bonds. The van der Waals surface area contributed by atoms with E-state index in [0.29, 0.717) is 12.2 Å². The molecule has 16 heavy (non-hydrogen) atoms. The maximum absolute atomic E-state index is 11.9. The molecule has 0 aliphatic heterocycles. The molecule has 90 valence electrons. The summed E-state index contributed by atoms with van der Waals surface area (Å²) in [5.41, 5.74) is 5.12. The van der Waals surface area contributed by atoms with Crippen LogP contribution >= 0.6 is 0 Å². The summed E-state index contributed by atoms with van der Waals surface area (Å²) >= 11 is 0. The summed E-state index contributed by atoms with van der Waals surface area (Å²) in [6.07, 6.45) is 3.21.